The first-order valence-electron chi connectivity index (χ1n) is 6.16. The first kappa shape index (κ1) is 14.0. The number of anilines is 2. The van der Waals surface area contributed by atoms with Gasteiger partial charge in [-0.3, -0.25) is 14.9 Å². The highest BCUT2D eigenvalue weighted by Crippen LogP contribution is 2.28. The van der Waals surface area contributed by atoms with Gasteiger partial charge in [0.15, 0.2) is 0 Å². The number of nitrogens with one attached hydrogen (secondary N) is 2. The molecule has 0 saturated carbocycles. The summed E-state index contributed by atoms with van der Waals surface area (Å²) >= 11 is 0. The van der Waals surface area contributed by atoms with Gasteiger partial charge >= 0.3 is 5.69 Å². The third-order valence-corrected chi connectivity index (χ3v) is 3.20. The Morgan fingerprint density at radius 3 is 2.65 bits per heavy atom. The summed E-state index contributed by atoms with van der Waals surface area (Å²) in [7, 11) is 3.32. The first-order valence-corrected chi connectivity index (χ1v) is 6.16. The minimum absolute atomic E-state index is 0.0699. The molecule has 0 aliphatic carbocycles. The van der Waals surface area contributed by atoms with E-state index in [1.165, 1.54) is 6.92 Å². The quantitative estimate of drug-likeness (QED) is 0.605. The number of amides is 1. The van der Waals surface area contributed by atoms with Gasteiger partial charge in [-0.1, -0.05) is 0 Å². The zero-order valence-corrected chi connectivity index (χ0v) is 11.5. The van der Waals surface area contributed by atoms with Crippen molar-refractivity contribution in [1.82, 2.24) is 14.9 Å². The third kappa shape index (κ3) is 2.46. The van der Waals surface area contributed by atoms with Crippen molar-refractivity contribution >= 4 is 23.4 Å². The van der Waals surface area contributed by atoms with Gasteiger partial charge in [0.1, 0.15) is 11.7 Å². The summed E-state index contributed by atoms with van der Waals surface area (Å²) in [6, 6.07) is -0.488. The molecule has 2 rings (SSSR count). The average molecular weight is 280 g/mol. The minimum Gasteiger partial charge on any atom is -0.357 e. The average Bonchev–Trinajstić information content (AvgIpc) is 2.69. The highest BCUT2D eigenvalue weighted by Gasteiger charge is 2.32. The molecule has 0 spiro atoms. The molecule has 1 aliphatic heterocycles. The largest absolute Gasteiger partial charge is 0.357 e. The van der Waals surface area contributed by atoms with Crippen LogP contribution in [0.2, 0.25) is 0 Å². The molecule has 1 aromatic rings. The molecular formula is C11H16N6O3. The SMILES string of the molecule is CNc1nc(C)c([N+](=O)[O-])c(NC2CCN(C)C2=O)n1. The number of carbonyl (C=O) groups is 1. The highest BCUT2D eigenvalue weighted by molar-refractivity contribution is 5.87. The number of nitrogens with zero attached hydrogens (tertiary/aromatic N) is 4. The molecule has 0 aromatic carbocycles. The smallest absolute Gasteiger partial charge is 0.332 e. The van der Waals surface area contributed by atoms with E-state index in [-0.39, 0.29) is 29.1 Å². The molecule has 1 saturated heterocycles. The van der Waals surface area contributed by atoms with Crippen LogP contribution in [0.3, 0.4) is 0 Å². The van der Waals surface area contributed by atoms with Gasteiger partial charge in [0, 0.05) is 20.6 Å². The Labute approximate surface area is 115 Å². The Morgan fingerprint density at radius 2 is 2.15 bits per heavy atom. The van der Waals surface area contributed by atoms with Crippen LogP contribution in [0.5, 0.6) is 0 Å². The second kappa shape index (κ2) is 5.27. The molecule has 0 radical (unpaired) electrons. The van der Waals surface area contributed by atoms with Gasteiger partial charge in [0.2, 0.25) is 17.7 Å². The molecule has 9 heteroatoms. The fourth-order valence-corrected chi connectivity index (χ4v) is 2.12. The van der Waals surface area contributed by atoms with E-state index in [4.69, 9.17) is 0 Å². The lowest BCUT2D eigenvalue weighted by Gasteiger charge is -2.14. The van der Waals surface area contributed by atoms with Crippen LogP contribution in [0, 0.1) is 17.0 Å². The Balaban J connectivity index is 2.36. The van der Waals surface area contributed by atoms with Crippen molar-refractivity contribution in [3.05, 3.63) is 15.8 Å². The van der Waals surface area contributed by atoms with Crippen LogP contribution >= 0.6 is 0 Å². The standard InChI is InChI=1S/C11H16N6O3/c1-6-8(17(19)20)9(15-11(12-2)13-6)14-7-4-5-16(3)10(7)18/h7H,4-5H2,1-3H3,(H2,12,13,14,15). The van der Waals surface area contributed by atoms with Crippen LogP contribution in [-0.2, 0) is 4.79 Å². The molecule has 1 fully saturated rings. The van der Waals surface area contributed by atoms with E-state index >= 15 is 0 Å². The minimum atomic E-state index is -0.541. The van der Waals surface area contributed by atoms with Crippen molar-refractivity contribution in [2.45, 2.75) is 19.4 Å². The maximum Gasteiger partial charge on any atom is 0.332 e. The number of nitro groups is 1. The van der Waals surface area contributed by atoms with Crippen LogP contribution < -0.4 is 10.6 Å². The number of aromatic nitrogens is 2. The van der Waals surface area contributed by atoms with Crippen LogP contribution in [0.4, 0.5) is 17.5 Å². The molecular weight excluding hydrogens is 264 g/mol. The molecule has 2 N–H and O–H groups in total. The molecule has 0 bridgehead atoms. The Kier molecular flexibility index (Phi) is 3.68. The molecule has 2 heterocycles. The van der Waals surface area contributed by atoms with Crippen molar-refractivity contribution < 1.29 is 9.72 Å². The zero-order valence-electron chi connectivity index (χ0n) is 11.5. The van der Waals surface area contributed by atoms with Gasteiger partial charge in [-0.05, 0) is 13.3 Å². The number of likely N-dealkylation sites (tertiary alicyclic amines) is 1. The lowest BCUT2D eigenvalue weighted by molar-refractivity contribution is -0.385. The highest BCUT2D eigenvalue weighted by atomic mass is 16.6. The molecule has 108 valence electrons. The molecule has 1 aromatic heterocycles. The molecule has 9 nitrogen and oxygen atoms in total. The second-order valence-corrected chi connectivity index (χ2v) is 4.58. The normalized spacial score (nSPS) is 18.2. The number of hydrogen-bond donors (Lipinski definition) is 2. The summed E-state index contributed by atoms with van der Waals surface area (Å²) in [6.45, 7) is 2.15. The molecule has 1 aliphatic rings. The zero-order chi connectivity index (χ0) is 14.9. The number of rotatable bonds is 4. The molecule has 1 unspecified atom stereocenters. The van der Waals surface area contributed by atoms with E-state index in [9.17, 15) is 14.9 Å². The van der Waals surface area contributed by atoms with E-state index < -0.39 is 11.0 Å². The van der Waals surface area contributed by atoms with Gasteiger partial charge < -0.3 is 15.5 Å². The van der Waals surface area contributed by atoms with Crippen molar-refractivity contribution in [3.8, 4) is 0 Å². The maximum atomic E-state index is 11.9. The number of carbonyl (C=O) groups excluding carboxylic acids is 1. The van der Waals surface area contributed by atoms with E-state index in [0.29, 0.717) is 13.0 Å². The summed E-state index contributed by atoms with van der Waals surface area (Å²) < 4.78 is 0. The lowest BCUT2D eigenvalue weighted by Crippen LogP contribution is -2.31. The molecule has 1 atom stereocenters. The van der Waals surface area contributed by atoms with Gasteiger partial charge in [0.05, 0.1) is 4.92 Å². The van der Waals surface area contributed by atoms with Gasteiger partial charge in [0.25, 0.3) is 0 Å². The fourth-order valence-electron chi connectivity index (χ4n) is 2.12. The van der Waals surface area contributed by atoms with Crippen molar-refractivity contribution in [2.75, 3.05) is 31.3 Å². The lowest BCUT2D eigenvalue weighted by atomic mass is 10.2. The van der Waals surface area contributed by atoms with E-state index in [1.807, 2.05) is 0 Å². The van der Waals surface area contributed by atoms with Gasteiger partial charge in [-0.15, -0.1) is 0 Å². The van der Waals surface area contributed by atoms with Crippen LogP contribution in [0.25, 0.3) is 0 Å². The van der Waals surface area contributed by atoms with Crippen LogP contribution in [0.15, 0.2) is 0 Å². The number of likely N-dealkylation sites (N-methyl/N-ethyl adjacent to an activating group) is 1. The number of aryl methyl sites for hydroxylation is 1. The van der Waals surface area contributed by atoms with Crippen molar-refractivity contribution in [3.63, 3.8) is 0 Å². The topological polar surface area (TPSA) is 113 Å². The monoisotopic (exact) mass is 280 g/mol. The fraction of sp³-hybridized carbons (Fsp3) is 0.545. The summed E-state index contributed by atoms with van der Waals surface area (Å²) in [6.07, 6.45) is 0.588. The second-order valence-electron chi connectivity index (χ2n) is 4.58. The Bertz CT molecular complexity index is 561. The van der Waals surface area contributed by atoms with E-state index in [1.54, 1.807) is 19.0 Å². The Morgan fingerprint density at radius 1 is 1.45 bits per heavy atom. The summed E-state index contributed by atoms with van der Waals surface area (Å²) in [4.78, 5) is 32.1. The van der Waals surface area contributed by atoms with Gasteiger partial charge in [-0.2, -0.15) is 4.98 Å². The summed E-state index contributed by atoms with van der Waals surface area (Å²) in [5.74, 6) is 0.247. The van der Waals surface area contributed by atoms with Crippen molar-refractivity contribution in [2.24, 2.45) is 0 Å². The predicted molar refractivity (Wildman–Crippen MR) is 72.6 cm³/mol. The van der Waals surface area contributed by atoms with Crippen molar-refractivity contribution in [1.29, 1.82) is 0 Å². The maximum absolute atomic E-state index is 11.9. The summed E-state index contributed by atoms with van der Waals surface area (Å²) in [5.41, 5.74) is 0.0435. The molecule has 20 heavy (non-hydrogen) atoms. The van der Waals surface area contributed by atoms with Gasteiger partial charge in [-0.25, -0.2) is 4.98 Å². The van der Waals surface area contributed by atoms with E-state index in [0.717, 1.165) is 0 Å². The predicted octanol–water partition coefficient (Wildman–Crippen LogP) is 0.378. The Hall–Kier alpha value is -2.45. The number of hydrogen-bond acceptors (Lipinski definition) is 7. The summed E-state index contributed by atoms with van der Waals surface area (Å²) in [5, 5.41) is 16.7. The van der Waals surface area contributed by atoms with Crippen LogP contribution in [-0.4, -0.2) is 52.4 Å². The first-order chi connectivity index (χ1) is 9.43. The van der Waals surface area contributed by atoms with Crippen LogP contribution in [0.1, 0.15) is 12.1 Å². The third-order valence-electron chi connectivity index (χ3n) is 3.20. The molecule has 1 amide bonds. The van der Waals surface area contributed by atoms with E-state index in [2.05, 4.69) is 20.6 Å².